The van der Waals surface area contributed by atoms with E-state index in [0.29, 0.717) is 11.1 Å². The molecule has 26 heteroatoms. The first-order valence-corrected chi connectivity index (χ1v) is 18.2. The van der Waals surface area contributed by atoms with Gasteiger partial charge in [-0.15, -0.1) is 21.9 Å². The lowest BCUT2D eigenvalue weighted by Crippen LogP contribution is -2.81. The Kier molecular flexibility index (Phi) is 14.0. The van der Waals surface area contributed by atoms with E-state index in [4.69, 9.17) is 0 Å². The number of hydrogen-bond acceptors (Lipinski definition) is 1. The Morgan fingerprint density at radius 3 is 0.971 bits per heavy atom. The number of aromatic nitrogens is 1. The largest absolute Gasteiger partial charge is 0.312 e. The van der Waals surface area contributed by atoms with Crippen LogP contribution in [-0.2, 0) is 6.54 Å². The van der Waals surface area contributed by atoms with Crippen LogP contribution in [0.1, 0.15) is 16.1 Å². The van der Waals surface area contributed by atoms with Crippen LogP contribution in [0.5, 0.6) is 0 Å². The minimum absolute atomic E-state index is 0.235. The Morgan fingerprint density at radius 2 is 0.652 bits per heavy atom. The van der Waals surface area contributed by atoms with Gasteiger partial charge in [-0.1, -0.05) is 42.5 Å². The van der Waals surface area contributed by atoms with Gasteiger partial charge >= 0.3 is 6.08 Å². The van der Waals surface area contributed by atoms with Crippen molar-refractivity contribution >= 4 is 50.5 Å². The summed E-state index contributed by atoms with van der Waals surface area (Å²) in [6.07, 6.45) is -9.63. The van der Waals surface area contributed by atoms with E-state index in [1.807, 2.05) is 0 Å². The molecule has 1 heterocycles. The number of para-hydroxylation sites is 1. The SMILES string of the molecule is Fc1c(F)c(F)c([B-](c2c(F)c(F)c(F)c(F)c2F)(c2c(F)c(F)c(F)c(F)c2F)c2c(F)c(F)c(F)c(F)c2F)c(F)c1F.O=C(C[n+]1c(C(F)=C(F)F)ccc2ccccc21)c1ccccc1. The van der Waals surface area contributed by atoms with Crippen LogP contribution >= 0.6 is 0 Å². The van der Waals surface area contributed by atoms with Crippen molar-refractivity contribution in [3.8, 4) is 0 Å². The van der Waals surface area contributed by atoms with Gasteiger partial charge < -0.3 is 0 Å². The summed E-state index contributed by atoms with van der Waals surface area (Å²) in [6, 6.07) is 18.2. The number of Topliss-reactive ketones (excluding diaryl/α,β-unsaturated/α-hetero) is 1. The number of fused-ring (bicyclic) bond motifs is 1. The summed E-state index contributed by atoms with van der Waals surface area (Å²) < 4.78 is 335. The van der Waals surface area contributed by atoms with Crippen molar-refractivity contribution < 1.29 is 110 Å². The van der Waals surface area contributed by atoms with Gasteiger partial charge in [0.15, 0.2) is 69.8 Å². The van der Waals surface area contributed by atoms with Gasteiger partial charge in [-0.25, -0.2) is 87.8 Å². The van der Waals surface area contributed by atoms with E-state index in [-0.39, 0.29) is 18.0 Å². The zero-order valence-corrected chi connectivity index (χ0v) is 32.7. The minimum atomic E-state index is -7.22. The number of halogens is 23. The van der Waals surface area contributed by atoms with Gasteiger partial charge in [-0.3, -0.25) is 4.79 Å². The molecule has 360 valence electrons. The third kappa shape index (κ3) is 8.07. The van der Waals surface area contributed by atoms with Crippen LogP contribution < -0.4 is 26.4 Å². The number of nitrogens with zero attached hydrogens (tertiary/aromatic N) is 1. The fraction of sp³-hybridized carbons (Fsp3) is 0.0233. The van der Waals surface area contributed by atoms with Crippen LogP contribution in [0.15, 0.2) is 72.8 Å². The average molecular weight is 1010 g/mol. The summed E-state index contributed by atoms with van der Waals surface area (Å²) >= 11 is 0. The number of carbonyl (C=O) groups is 1. The van der Waals surface area contributed by atoms with Gasteiger partial charge in [-0.05, 0) is 12.1 Å². The van der Waals surface area contributed by atoms with Crippen LogP contribution in [0.4, 0.5) is 101 Å². The van der Waals surface area contributed by atoms with Crippen molar-refractivity contribution in [3.05, 3.63) is 200 Å². The fourth-order valence-corrected chi connectivity index (χ4v) is 7.45. The second kappa shape index (κ2) is 18.9. The van der Waals surface area contributed by atoms with Gasteiger partial charge in [0, 0.05) is 23.1 Å². The molecule has 0 amide bonds. The van der Waals surface area contributed by atoms with Crippen molar-refractivity contribution in [1.82, 2.24) is 0 Å². The summed E-state index contributed by atoms with van der Waals surface area (Å²) in [5, 5.41) is 0.731. The highest BCUT2D eigenvalue weighted by Gasteiger charge is 2.52. The van der Waals surface area contributed by atoms with Gasteiger partial charge in [0.1, 0.15) is 52.7 Å². The third-order valence-electron chi connectivity index (χ3n) is 10.4. The summed E-state index contributed by atoms with van der Waals surface area (Å²) in [4.78, 5) is 12.5. The predicted octanol–water partition coefficient (Wildman–Crippen LogP) is 10.4. The summed E-state index contributed by atoms with van der Waals surface area (Å²) in [5.41, 5.74) is -13.7. The van der Waals surface area contributed by atoms with Crippen LogP contribution in [-0.4, -0.2) is 11.9 Å². The molecule has 0 aliphatic heterocycles. The molecule has 0 N–H and O–H groups in total. The van der Waals surface area contributed by atoms with Crippen LogP contribution in [0.2, 0.25) is 0 Å². The maximum Gasteiger partial charge on any atom is 0.312 e. The van der Waals surface area contributed by atoms with E-state index in [0.717, 1.165) is 5.39 Å². The summed E-state index contributed by atoms with van der Waals surface area (Å²) in [6.45, 7) is -0.235. The van der Waals surface area contributed by atoms with Crippen LogP contribution in [0.3, 0.4) is 0 Å². The number of carbonyl (C=O) groups excluding carboxylic acids is 1. The molecule has 0 saturated carbocycles. The molecule has 0 aliphatic rings. The predicted molar refractivity (Wildman–Crippen MR) is 194 cm³/mol. The van der Waals surface area contributed by atoms with Crippen molar-refractivity contribution in [2.24, 2.45) is 0 Å². The van der Waals surface area contributed by atoms with Crippen molar-refractivity contribution in [1.29, 1.82) is 0 Å². The number of pyridine rings is 1. The van der Waals surface area contributed by atoms with E-state index in [2.05, 4.69) is 0 Å². The lowest BCUT2D eigenvalue weighted by atomic mass is 9.12. The molecule has 7 rings (SSSR count). The Labute approximate surface area is 367 Å². The van der Waals surface area contributed by atoms with Crippen molar-refractivity contribution in [3.63, 3.8) is 0 Å². The highest BCUT2D eigenvalue weighted by atomic mass is 19.3. The van der Waals surface area contributed by atoms with Gasteiger partial charge in [0.25, 0.3) is 5.83 Å². The molecule has 0 spiro atoms. The molecule has 1 aromatic heterocycles. The number of ketones is 1. The zero-order valence-electron chi connectivity index (χ0n) is 32.7. The molecule has 0 saturated heterocycles. The number of hydrogen-bond donors (Lipinski definition) is 0. The highest BCUT2D eigenvalue weighted by Crippen LogP contribution is 2.31. The second-order valence-electron chi connectivity index (χ2n) is 14.0. The first kappa shape index (κ1) is 51.0. The monoisotopic (exact) mass is 1010 g/mol. The van der Waals surface area contributed by atoms with E-state index in [1.165, 1.54) is 10.6 Å². The second-order valence-corrected chi connectivity index (χ2v) is 14.0. The first-order valence-electron chi connectivity index (χ1n) is 18.2. The molecule has 7 aromatic rings. The quantitative estimate of drug-likeness (QED) is 0.0371. The van der Waals surface area contributed by atoms with E-state index in [1.54, 1.807) is 60.7 Å². The fourth-order valence-electron chi connectivity index (χ4n) is 7.45. The number of rotatable bonds is 8. The normalized spacial score (nSPS) is 11.5. The number of benzene rings is 6. The molecule has 0 atom stereocenters. The smallest absolute Gasteiger partial charge is 0.287 e. The third-order valence-corrected chi connectivity index (χ3v) is 10.4. The standard InChI is InChI=1S/C24BF20.C19H13F3NO/c26-5-1(6(27)14(35)21(42)13(5)34)25(2-7(28)15(36)22(43)16(37)8(2)29,3-9(30)17(38)23(44)18(39)10(3)31)4-11(32)19(40)24(45)20(41)12(4)33;20-18(19(21)22)16-11-10-13-6-4-5-9-15(13)23(16)12-17(24)14-7-2-1-3-8-14/h;1-11H,12H2/q-1;+1. The lowest BCUT2D eigenvalue weighted by Gasteiger charge is -2.44. The molecule has 6 aromatic carbocycles. The van der Waals surface area contributed by atoms with E-state index < -0.39 is 156 Å². The average Bonchev–Trinajstić information content (AvgIpc) is 3.34. The zero-order chi connectivity index (χ0) is 51.5. The topological polar surface area (TPSA) is 20.9 Å². The molecule has 2 nitrogen and oxygen atoms in total. The van der Waals surface area contributed by atoms with Gasteiger partial charge in [0.2, 0.25) is 23.5 Å². The molecule has 0 radical (unpaired) electrons. The molecule has 0 bridgehead atoms. The van der Waals surface area contributed by atoms with Crippen molar-refractivity contribution in [2.45, 2.75) is 6.54 Å². The molecule has 69 heavy (non-hydrogen) atoms. The first-order chi connectivity index (χ1) is 32.3. The Hall–Kier alpha value is -7.41. The summed E-state index contributed by atoms with van der Waals surface area (Å²) in [7, 11) is 0. The Balaban J connectivity index is 0.000000273. The maximum atomic E-state index is 15.4. The maximum absolute atomic E-state index is 15.4. The molecular formula is C43H13BF23NO. The molecule has 0 aliphatic carbocycles. The van der Waals surface area contributed by atoms with E-state index >= 15 is 35.1 Å². The highest BCUT2D eigenvalue weighted by molar-refractivity contribution is 7.20. The van der Waals surface area contributed by atoms with Gasteiger partial charge in [-0.2, -0.15) is 17.7 Å². The summed E-state index contributed by atoms with van der Waals surface area (Å²) in [5.74, 6) is -73.3. The van der Waals surface area contributed by atoms with Crippen LogP contribution in [0, 0.1) is 116 Å². The van der Waals surface area contributed by atoms with Gasteiger partial charge in [0.05, 0.1) is 0 Å². The van der Waals surface area contributed by atoms with E-state index in [9.17, 15) is 70.7 Å². The molecule has 0 unspecified atom stereocenters. The van der Waals surface area contributed by atoms with Crippen molar-refractivity contribution in [2.75, 3.05) is 0 Å². The lowest BCUT2D eigenvalue weighted by molar-refractivity contribution is -0.660. The minimum Gasteiger partial charge on any atom is -0.287 e. The van der Waals surface area contributed by atoms with Crippen LogP contribution in [0.25, 0.3) is 16.7 Å². The molecular weight excluding hydrogens is 994 g/mol. The Bertz CT molecular complexity index is 2920. The molecule has 0 fully saturated rings. The Morgan fingerprint density at radius 1 is 0.362 bits per heavy atom.